The summed E-state index contributed by atoms with van der Waals surface area (Å²) in [6, 6.07) is 6.98. The van der Waals surface area contributed by atoms with Crippen LogP contribution in [0.1, 0.15) is 78.9 Å². The standard InChI is InChI=1S/C25H32ClN5O3/c1-4-5-12-30-23(33)21-14-20(22(32)28-19-11-10-16(2)13-18(19)26)29-31(21)15-25(30,3)24(34)27-17-8-6-7-9-17/h10-11,13-14,17H,4-9,12,15H2,1-3H3,(H,27,34)(H,28,32)/t25-/m0/s1. The second-order valence-corrected chi connectivity index (χ2v) is 9.96. The van der Waals surface area contributed by atoms with E-state index in [2.05, 4.69) is 15.7 Å². The monoisotopic (exact) mass is 485 g/mol. The van der Waals surface area contributed by atoms with Crippen molar-refractivity contribution < 1.29 is 14.4 Å². The van der Waals surface area contributed by atoms with Crippen LogP contribution < -0.4 is 10.6 Å². The van der Waals surface area contributed by atoms with E-state index in [0.29, 0.717) is 22.9 Å². The molecule has 0 radical (unpaired) electrons. The number of amides is 3. The summed E-state index contributed by atoms with van der Waals surface area (Å²) in [5, 5.41) is 10.7. The first-order valence-electron chi connectivity index (χ1n) is 12.0. The summed E-state index contributed by atoms with van der Waals surface area (Å²) < 4.78 is 1.49. The van der Waals surface area contributed by atoms with Crippen molar-refractivity contribution in [3.05, 3.63) is 46.2 Å². The molecule has 0 bridgehead atoms. The van der Waals surface area contributed by atoms with Crippen molar-refractivity contribution in [3.63, 3.8) is 0 Å². The first-order valence-corrected chi connectivity index (χ1v) is 12.4. The highest BCUT2D eigenvalue weighted by molar-refractivity contribution is 6.34. The molecule has 1 aliphatic heterocycles. The van der Waals surface area contributed by atoms with E-state index in [1.807, 2.05) is 19.9 Å². The van der Waals surface area contributed by atoms with E-state index in [4.69, 9.17) is 11.6 Å². The van der Waals surface area contributed by atoms with Gasteiger partial charge in [-0.2, -0.15) is 5.10 Å². The molecule has 9 heteroatoms. The molecular formula is C25H32ClN5O3. The zero-order valence-electron chi connectivity index (χ0n) is 20.0. The molecule has 1 aromatic heterocycles. The van der Waals surface area contributed by atoms with Gasteiger partial charge in [0.2, 0.25) is 5.91 Å². The number of hydrogen-bond acceptors (Lipinski definition) is 4. The van der Waals surface area contributed by atoms with Crippen LogP contribution in [-0.2, 0) is 11.3 Å². The Balaban J connectivity index is 1.60. The maximum atomic E-state index is 13.5. The maximum absolute atomic E-state index is 13.5. The lowest BCUT2D eigenvalue weighted by atomic mass is 9.94. The molecule has 1 saturated carbocycles. The number of rotatable bonds is 7. The highest BCUT2D eigenvalue weighted by atomic mass is 35.5. The van der Waals surface area contributed by atoms with Crippen molar-refractivity contribution in [1.29, 1.82) is 0 Å². The van der Waals surface area contributed by atoms with E-state index in [0.717, 1.165) is 44.1 Å². The number of fused-ring (bicyclic) bond motifs is 1. The van der Waals surface area contributed by atoms with Gasteiger partial charge in [0.25, 0.3) is 11.8 Å². The van der Waals surface area contributed by atoms with Gasteiger partial charge in [0.15, 0.2) is 5.69 Å². The number of aromatic nitrogens is 2. The second-order valence-electron chi connectivity index (χ2n) is 9.55. The van der Waals surface area contributed by atoms with Gasteiger partial charge >= 0.3 is 0 Å². The Bertz CT molecular complexity index is 1110. The third-order valence-electron chi connectivity index (χ3n) is 6.82. The number of nitrogens with one attached hydrogen (secondary N) is 2. The van der Waals surface area contributed by atoms with Crippen LogP contribution >= 0.6 is 11.6 Å². The molecule has 182 valence electrons. The molecule has 0 saturated heterocycles. The number of carbonyl (C=O) groups excluding carboxylic acids is 3. The Morgan fingerprint density at radius 3 is 2.65 bits per heavy atom. The van der Waals surface area contributed by atoms with Crippen LogP contribution in [0.2, 0.25) is 5.02 Å². The van der Waals surface area contributed by atoms with Crippen LogP contribution in [0, 0.1) is 6.92 Å². The fourth-order valence-corrected chi connectivity index (χ4v) is 5.02. The molecule has 2 N–H and O–H groups in total. The number of anilines is 1. The summed E-state index contributed by atoms with van der Waals surface area (Å²) in [5.74, 6) is -0.913. The minimum absolute atomic E-state index is 0.107. The lowest BCUT2D eigenvalue weighted by molar-refractivity contribution is -0.133. The van der Waals surface area contributed by atoms with Gasteiger partial charge in [-0.1, -0.05) is 43.9 Å². The van der Waals surface area contributed by atoms with Crippen LogP contribution in [0.3, 0.4) is 0 Å². The van der Waals surface area contributed by atoms with Crippen LogP contribution in [0.5, 0.6) is 0 Å². The van der Waals surface area contributed by atoms with E-state index in [1.54, 1.807) is 24.0 Å². The number of nitrogens with zero attached hydrogens (tertiary/aromatic N) is 3. The number of halogens is 1. The van der Waals surface area contributed by atoms with Gasteiger partial charge in [0, 0.05) is 18.7 Å². The molecule has 8 nitrogen and oxygen atoms in total. The molecule has 1 aliphatic carbocycles. The van der Waals surface area contributed by atoms with Crippen molar-refractivity contribution in [2.75, 3.05) is 11.9 Å². The van der Waals surface area contributed by atoms with E-state index in [-0.39, 0.29) is 30.1 Å². The summed E-state index contributed by atoms with van der Waals surface area (Å²) in [4.78, 5) is 41.5. The molecular weight excluding hydrogens is 454 g/mol. The predicted octanol–water partition coefficient (Wildman–Crippen LogP) is 4.17. The van der Waals surface area contributed by atoms with Gasteiger partial charge in [-0.25, -0.2) is 0 Å². The lowest BCUT2D eigenvalue weighted by Gasteiger charge is -2.43. The van der Waals surface area contributed by atoms with Crippen molar-refractivity contribution in [1.82, 2.24) is 20.0 Å². The Morgan fingerprint density at radius 2 is 1.97 bits per heavy atom. The molecule has 3 amide bonds. The van der Waals surface area contributed by atoms with Gasteiger partial charge < -0.3 is 15.5 Å². The molecule has 0 spiro atoms. The maximum Gasteiger partial charge on any atom is 0.276 e. The molecule has 2 heterocycles. The smallest absolute Gasteiger partial charge is 0.276 e. The Kier molecular flexibility index (Phi) is 6.98. The van der Waals surface area contributed by atoms with E-state index < -0.39 is 11.4 Å². The average molecular weight is 486 g/mol. The summed E-state index contributed by atoms with van der Waals surface area (Å²) >= 11 is 6.25. The van der Waals surface area contributed by atoms with E-state index >= 15 is 0 Å². The predicted molar refractivity (Wildman–Crippen MR) is 131 cm³/mol. The number of unbranched alkanes of at least 4 members (excludes halogenated alkanes) is 1. The SMILES string of the molecule is CCCCN1C(=O)c2cc(C(=O)Nc3ccc(C)cc3Cl)nn2C[C@@]1(C)C(=O)NC1CCCC1. The van der Waals surface area contributed by atoms with Crippen molar-refractivity contribution in [3.8, 4) is 0 Å². The van der Waals surface area contributed by atoms with Gasteiger partial charge in [0.05, 0.1) is 17.3 Å². The molecule has 0 unspecified atom stereocenters. The zero-order chi connectivity index (χ0) is 24.5. The number of hydrogen-bond donors (Lipinski definition) is 2. The van der Waals surface area contributed by atoms with Gasteiger partial charge in [-0.15, -0.1) is 0 Å². The largest absolute Gasteiger partial charge is 0.351 e. The topological polar surface area (TPSA) is 96.3 Å². The first kappa shape index (κ1) is 24.3. The molecule has 1 aromatic carbocycles. The fraction of sp³-hybridized carbons (Fsp3) is 0.520. The first-order chi connectivity index (χ1) is 16.2. The van der Waals surface area contributed by atoms with Crippen LogP contribution in [0.15, 0.2) is 24.3 Å². The van der Waals surface area contributed by atoms with Crippen LogP contribution in [0.25, 0.3) is 0 Å². The highest BCUT2D eigenvalue weighted by Crippen LogP contribution is 2.30. The average Bonchev–Trinajstić information content (AvgIpc) is 3.45. The van der Waals surface area contributed by atoms with Gasteiger partial charge in [-0.05, 0) is 50.8 Å². The minimum atomic E-state index is -1.08. The summed E-state index contributed by atoms with van der Waals surface area (Å²) in [6.45, 7) is 6.41. The summed E-state index contributed by atoms with van der Waals surface area (Å²) in [6.07, 6.45) is 5.81. The molecule has 2 aliphatic rings. The van der Waals surface area contributed by atoms with Gasteiger partial charge in [0.1, 0.15) is 11.2 Å². The van der Waals surface area contributed by atoms with Crippen molar-refractivity contribution >= 4 is 35.0 Å². The van der Waals surface area contributed by atoms with Gasteiger partial charge in [-0.3, -0.25) is 19.1 Å². The van der Waals surface area contributed by atoms with Crippen molar-refractivity contribution in [2.24, 2.45) is 0 Å². The normalized spacial score (nSPS) is 20.4. The van der Waals surface area contributed by atoms with E-state index in [9.17, 15) is 14.4 Å². The molecule has 1 atom stereocenters. The van der Waals surface area contributed by atoms with E-state index in [1.165, 1.54) is 10.7 Å². The Labute approximate surface area is 205 Å². The number of carbonyl (C=O) groups is 3. The quantitative estimate of drug-likeness (QED) is 0.615. The molecule has 1 fully saturated rings. The highest BCUT2D eigenvalue weighted by Gasteiger charge is 2.48. The third kappa shape index (κ3) is 4.69. The van der Waals surface area contributed by atoms with Crippen molar-refractivity contribution in [2.45, 2.75) is 77.4 Å². The molecule has 4 rings (SSSR count). The lowest BCUT2D eigenvalue weighted by Crippen LogP contribution is -2.65. The Hall–Kier alpha value is -2.87. The fourth-order valence-electron chi connectivity index (χ4n) is 4.74. The Morgan fingerprint density at radius 1 is 1.24 bits per heavy atom. The molecule has 2 aromatic rings. The number of benzene rings is 1. The summed E-state index contributed by atoms with van der Waals surface area (Å²) in [5.41, 5.74) is 0.786. The molecule has 34 heavy (non-hydrogen) atoms. The minimum Gasteiger partial charge on any atom is -0.351 e. The van der Waals surface area contributed by atoms with Crippen LogP contribution in [0.4, 0.5) is 5.69 Å². The third-order valence-corrected chi connectivity index (χ3v) is 7.13. The number of aryl methyl sites for hydroxylation is 1. The second kappa shape index (κ2) is 9.78. The zero-order valence-corrected chi connectivity index (χ0v) is 20.7. The van der Waals surface area contributed by atoms with Crippen LogP contribution in [-0.4, -0.2) is 50.5 Å². The summed E-state index contributed by atoms with van der Waals surface area (Å²) in [7, 11) is 0.